The number of rotatable bonds is 7. The summed E-state index contributed by atoms with van der Waals surface area (Å²) in [5.41, 5.74) is 6.09. The van der Waals surface area contributed by atoms with Crippen LogP contribution in [0.4, 0.5) is 5.13 Å². The SMILES string of the molecule is COCC1=C(C(=O)O)N2C(=O)[C@@H](NC(=O)C(=NOC)c3csc(N)n3)C2SC1. The summed E-state index contributed by atoms with van der Waals surface area (Å²) in [5.74, 6) is -2.03. The molecule has 0 radical (unpaired) electrons. The number of ether oxygens (including phenoxy) is 1. The number of amides is 2. The van der Waals surface area contributed by atoms with Gasteiger partial charge in [-0.25, -0.2) is 9.78 Å². The molecule has 13 heteroatoms. The first-order chi connectivity index (χ1) is 13.4. The topological polar surface area (TPSA) is 156 Å². The highest BCUT2D eigenvalue weighted by molar-refractivity contribution is 8.00. The van der Waals surface area contributed by atoms with Crippen LogP contribution in [-0.4, -0.2) is 76.5 Å². The van der Waals surface area contributed by atoms with Crippen molar-refractivity contribution in [2.75, 3.05) is 32.3 Å². The first-order valence-corrected chi connectivity index (χ1v) is 9.84. The van der Waals surface area contributed by atoms with Crippen molar-refractivity contribution < 1.29 is 29.1 Å². The summed E-state index contributed by atoms with van der Waals surface area (Å²) in [6.45, 7) is 0.109. The number of aromatic nitrogens is 1. The molecule has 1 saturated heterocycles. The first-order valence-electron chi connectivity index (χ1n) is 7.91. The molecule has 28 heavy (non-hydrogen) atoms. The maximum absolute atomic E-state index is 12.6. The Hall–Kier alpha value is -2.64. The van der Waals surface area contributed by atoms with Crippen molar-refractivity contribution in [3.05, 3.63) is 22.3 Å². The van der Waals surface area contributed by atoms with Gasteiger partial charge in [-0.15, -0.1) is 23.1 Å². The molecule has 1 unspecified atom stereocenters. The maximum atomic E-state index is 12.6. The third-order valence-electron chi connectivity index (χ3n) is 4.02. The number of nitrogens with one attached hydrogen (secondary N) is 1. The van der Waals surface area contributed by atoms with Crippen molar-refractivity contribution >= 4 is 51.7 Å². The van der Waals surface area contributed by atoms with Crippen LogP contribution in [0.25, 0.3) is 0 Å². The fourth-order valence-electron chi connectivity index (χ4n) is 2.87. The number of nitrogens with two attached hydrogens (primary N) is 1. The standard InChI is InChI=1S/C15H17N5O6S2/c1-25-3-6-4-27-13-9(12(22)20(13)10(6)14(23)24)18-11(21)8(19-26-2)7-5-28-15(16)17-7/h5,9,13H,3-4H2,1-2H3,(H2,16,17)(H,18,21)(H,23,24)/t9-,13?/m1/s1. The summed E-state index contributed by atoms with van der Waals surface area (Å²) in [7, 11) is 2.73. The van der Waals surface area contributed by atoms with Gasteiger partial charge in [0.1, 0.15) is 29.9 Å². The van der Waals surface area contributed by atoms with E-state index in [1.807, 2.05) is 0 Å². The van der Waals surface area contributed by atoms with Gasteiger partial charge < -0.3 is 25.7 Å². The third kappa shape index (κ3) is 3.55. The summed E-state index contributed by atoms with van der Waals surface area (Å²) < 4.78 is 5.02. The number of carbonyl (C=O) groups is 3. The number of methoxy groups -OCH3 is 1. The van der Waals surface area contributed by atoms with Crippen LogP contribution in [0.1, 0.15) is 5.69 Å². The van der Waals surface area contributed by atoms with E-state index in [4.69, 9.17) is 15.3 Å². The highest BCUT2D eigenvalue weighted by Gasteiger charge is 2.54. The number of aliphatic carboxylic acids is 1. The van der Waals surface area contributed by atoms with Crippen molar-refractivity contribution in [3.63, 3.8) is 0 Å². The summed E-state index contributed by atoms with van der Waals surface area (Å²) >= 11 is 2.47. The van der Waals surface area contributed by atoms with Crippen molar-refractivity contribution in [2.24, 2.45) is 5.16 Å². The number of carbonyl (C=O) groups excluding carboxylic acids is 2. The number of fused-ring (bicyclic) bond motifs is 1. The molecule has 11 nitrogen and oxygen atoms in total. The van der Waals surface area contributed by atoms with E-state index < -0.39 is 29.2 Å². The molecule has 2 amide bonds. The van der Waals surface area contributed by atoms with Crippen LogP contribution in [0.3, 0.4) is 0 Å². The lowest BCUT2D eigenvalue weighted by Gasteiger charge is -2.49. The van der Waals surface area contributed by atoms with E-state index in [1.165, 1.54) is 30.9 Å². The lowest BCUT2D eigenvalue weighted by atomic mass is 10.0. The Morgan fingerprint density at radius 3 is 2.82 bits per heavy atom. The van der Waals surface area contributed by atoms with E-state index in [0.29, 0.717) is 11.3 Å². The number of carboxylic acids is 1. The number of nitrogens with zero attached hydrogens (tertiary/aromatic N) is 3. The van der Waals surface area contributed by atoms with E-state index in [-0.39, 0.29) is 28.8 Å². The second-order valence-electron chi connectivity index (χ2n) is 5.74. The van der Waals surface area contributed by atoms with E-state index >= 15 is 0 Å². The second-order valence-corrected chi connectivity index (χ2v) is 7.74. The molecule has 1 aromatic rings. The molecule has 2 atom stereocenters. The van der Waals surface area contributed by atoms with Crippen molar-refractivity contribution in [3.8, 4) is 0 Å². The third-order valence-corrected chi connectivity index (χ3v) is 6.03. The lowest BCUT2D eigenvalue weighted by Crippen LogP contribution is -2.71. The van der Waals surface area contributed by atoms with Crippen LogP contribution < -0.4 is 11.1 Å². The van der Waals surface area contributed by atoms with Crippen molar-refractivity contribution in [2.45, 2.75) is 11.4 Å². The fraction of sp³-hybridized carbons (Fsp3) is 0.400. The van der Waals surface area contributed by atoms with E-state index in [1.54, 1.807) is 5.38 Å². The number of hydrogen-bond donors (Lipinski definition) is 3. The number of oxime groups is 1. The number of anilines is 1. The Morgan fingerprint density at radius 1 is 1.50 bits per heavy atom. The van der Waals surface area contributed by atoms with Gasteiger partial charge in [-0.2, -0.15) is 0 Å². The van der Waals surface area contributed by atoms with Gasteiger partial charge >= 0.3 is 5.97 Å². The Morgan fingerprint density at radius 2 is 2.25 bits per heavy atom. The molecular formula is C15H17N5O6S2. The zero-order valence-corrected chi connectivity index (χ0v) is 16.5. The van der Waals surface area contributed by atoms with Gasteiger partial charge in [0.05, 0.1) is 6.61 Å². The Labute approximate surface area is 167 Å². The number of carboxylic acid groups (broad SMARTS) is 1. The molecule has 2 aliphatic rings. The molecule has 0 bridgehead atoms. The molecule has 0 saturated carbocycles. The monoisotopic (exact) mass is 427 g/mol. The normalized spacial score (nSPS) is 21.9. The molecule has 1 aromatic heterocycles. The van der Waals surface area contributed by atoms with Crippen molar-refractivity contribution in [1.82, 2.24) is 15.2 Å². The van der Waals surface area contributed by atoms with Gasteiger partial charge in [0.2, 0.25) is 0 Å². The minimum Gasteiger partial charge on any atom is -0.477 e. The lowest BCUT2D eigenvalue weighted by molar-refractivity contribution is -0.150. The Balaban J connectivity index is 1.78. The molecule has 3 rings (SSSR count). The van der Waals surface area contributed by atoms with Crippen LogP contribution in [0, 0.1) is 0 Å². The smallest absolute Gasteiger partial charge is 0.352 e. The molecule has 0 aliphatic carbocycles. The zero-order chi connectivity index (χ0) is 20.4. The highest BCUT2D eigenvalue weighted by atomic mass is 32.2. The largest absolute Gasteiger partial charge is 0.477 e. The predicted octanol–water partition coefficient (Wildman–Crippen LogP) is -0.539. The molecule has 1 fully saturated rings. The summed E-state index contributed by atoms with van der Waals surface area (Å²) in [6.07, 6.45) is 0. The highest BCUT2D eigenvalue weighted by Crippen LogP contribution is 2.40. The quantitative estimate of drug-likeness (QED) is 0.295. The maximum Gasteiger partial charge on any atom is 0.352 e. The molecular weight excluding hydrogens is 410 g/mol. The Kier molecular flexibility index (Phi) is 5.86. The van der Waals surface area contributed by atoms with E-state index in [9.17, 15) is 19.5 Å². The van der Waals surface area contributed by atoms with Gasteiger partial charge in [0.15, 0.2) is 10.8 Å². The average Bonchev–Trinajstić information content (AvgIpc) is 3.09. The van der Waals surface area contributed by atoms with E-state index in [2.05, 4.69) is 15.5 Å². The zero-order valence-electron chi connectivity index (χ0n) is 14.9. The van der Waals surface area contributed by atoms with Gasteiger partial charge in [-0.1, -0.05) is 5.16 Å². The molecule has 3 heterocycles. The minimum absolute atomic E-state index is 0.0980. The summed E-state index contributed by atoms with van der Waals surface area (Å²) in [6, 6.07) is -0.894. The Bertz CT molecular complexity index is 882. The number of thiazole rings is 1. The molecule has 0 spiro atoms. The van der Waals surface area contributed by atoms with Crippen LogP contribution in [0.15, 0.2) is 21.8 Å². The van der Waals surface area contributed by atoms with Crippen LogP contribution in [0.5, 0.6) is 0 Å². The first kappa shape index (κ1) is 20.1. The predicted molar refractivity (Wildman–Crippen MR) is 102 cm³/mol. The number of nitrogen functional groups attached to an aromatic ring is 1. The van der Waals surface area contributed by atoms with Gasteiger partial charge in [0, 0.05) is 18.2 Å². The number of thioether (sulfide) groups is 1. The van der Waals surface area contributed by atoms with Crippen LogP contribution >= 0.6 is 23.1 Å². The number of β-lactam (4-membered cyclic amide) rings is 1. The molecule has 0 aromatic carbocycles. The number of hydrogen-bond acceptors (Lipinski definition) is 10. The average molecular weight is 427 g/mol. The molecule has 4 N–H and O–H groups in total. The van der Waals surface area contributed by atoms with Crippen LogP contribution in [-0.2, 0) is 24.0 Å². The molecule has 2 aliphatic heterocycles. The fourth-order valence-corrected chi connectivity index (χ4v) is 4.75. The van der Waals surface area contributed by atoms with Crippen molar-refractivity contribution in [1.29, 1.82) is 0 Å². The summed E-state index contributed by atoms with van der Waals surface area (Å²) in [5, 5.41) is 17.0. The minimum atomic E-state index is -1.21. The summed E-state index contributed by atoms with van der Waals surface area (Å²) in [4.78, 5) is 46.7. The van der Waals surface area contributed by atoms with E-state index in [0.717, 1.165) is 11.3 Å². The van der Waals surface area contributed by atoms with Gasteiger partial charge in [-0.05, 0) is 5.57 Å². The van der Waals surface area contributed by atoms with Gasteiger partial charge in [0.25, 0.3) is 11.8 Å². The van der Waals surface area contributed by atoms with Gasteiger partial charge in [-0.3, -0.25) is 14.5 Å². The second kappa shape index (κ2) is 8.16. The molecule has 150 valence electrons. The van der Waals surface area contributed by atoms with Crippen LogP contribution in [0.2, 0.25) is 0 Å².